The van der Waals surface area contributed by atoms with E-state index in [-0.39, 0.29) is 16.3 Å². The van der Waals surface area contributed by atoms with E-state index in [4.69, 9.17) is 0 Å². The molecule has 0 radical (unpaired) electrons. The van der Waals surface area contributed by atoms with Crippen molar-refractivity contribution in [1.82, 2.24) is 19.9 Å². The van der Waals surface area contributed by atoms with Gasteiger partial charge in [-0.25, -0.2) is 9.97 Å². The normalized spacial score (nSPS) is 18.8. The van der Waals surface area contributed by atoms with Crippen molar-refractivity contribution in [3.63, 3.8) is 0 Å². The minimum absolute atomic E-state index is 0.188. The molecule has 1 aliphatic heterocycles. The molecule has 146 valence electrons. The highest BCUT2D eigenvalue weighted by molar-refractivity contribution is 7.86. The minimum Gasteiger partial charge on any atom is -0.352 e. The number of hydrogen-bond donors (Lipinski definition) is 2. The third-order valence-electron chi connectivity index (χ3n) is 5.44. The molecule has 0 atom stereocenters. The number of aromatic amines is 1. The Balaban J connectivity index is 1.41. The van der Waals surface area contributed by atoms with Gasteiger partial charge in [-0.1, -0.05) is 0 Å². The lowest BCUT2D eigenvalue weighted by molar-refractivity contribution is 0.0629. The summed E-state index contributed by atoms with van der Waals surface area (Å²) in [6.45, 7) is 1.82. The number of anilines is 1. The van der Waals surface area contributed by atoms with Crippen LogP contribution in [0.15, 0.2) is 34.9 Å². The molecule has 1 saturated carbocycles. The van der Waals surface area contributed by atoms with Crippen molar-refractivity contribution in [2.75, 3.05) is 24.5 Å². The van der Waals surface area contributed by atoms with Crippen LogP contribution in [0.4, 0.5) is 5.82 Å². The lowest BCUT2D eigenvalue weighted by Crippen LogP contribution is -2.57. The molecule has 3 aromatic rings. The third-order valence-corrected chi connectivity index (χ3v) is 7.34. The van der Waals surface area contributed by atoms with E-state index in [0.29, 0.717) is 24.5 Å². The minimum atomic E-state index is -4.31. The highest BCUT2D eigenvalue weighted by atomic mass is 32.2. The van der Waals surface area contributed by atoms with Gasteiger partial charge in [0.15, 0.2) is 0 Å². The Morgan fingerprint density at radius 2 is 2.11 bits per heavy atom. The highest BCUT2D eigenvalue weighted by Crippen LogP contribution is 2.46. The number of nitrogens with one attached hydrogen (secondary N) is 1. The Bertz CT molecular complexity index is 1180. The fourth-order valence-electron chi connectivity index (χ4n) is 3.86. The molecule has 1 spiro atoms. The number of nitrogens with zero attached hydrogens (tertiary/aromatic N) is 4. The Hall–Kier alpha value is -2.50. The van der Waals surface area contributed by atoms with Gasteiger partial charge in [0.1, 0.15) is 22.7 Å². The number of H-pyrrole nitrogens is 1. The second kappa shape index (κ2) is 6.00. The van der Waals surface area contributed by atoms with Gasteiger partial charge in [0, 0.05) is 31.2 Å². The van der Waals surface area contributed by atoms with E-state index in [2.05, 4.69) is 19.9 Å². The number of thiophene rings is 1. The van der Waals surface area contributed by atoms with Crippen molar-refractivity contribution in [2.24, 2.45) is 0 Å². The van der Waals surface area contributed by atoms with E-state index in [1.807, 2.05) is 17.2 Å². The van der Waals surface area contributed by atoms with E-state index in [0.717, 1.165) is 41.0 Å². The van der Waals surface area contributed by atoms with Crippen LogP contribution in [0, 0.1) is 0 Å². The number of hydrogen-bond acceptors (Lipinski definition) is 7. The first-order valence-electron chi connectivity index (χ1n) is 8.78. The van der Waals surface area contributed by atoms with E-state index >= 15 is 0 Å². The summed E-state index contributed by atoms with van der Waals surface area (Å²) in [7, 11) is -4.31. The fraction of sp³-hybridized carbons (Fsp3) is 0.353. The summed E-state index contributed by atoms with van der Waals surface area (Å²) < 4.78 is 31.7. The maximum atomic E-state index is 13.0. The maximum absolute atomic E-state index is 13.0. The van der Waals surface area contributed by atoms with E-state index < -0.39 is 10.1 Å². The number of rotatable bonds is 3. The van der Waals surface area contributed by atoms with Crippen molar-refractivity contribution in [3.05, 3.63) is 34.9 Å². The summed E-state index contributed by atoms with van der Waals surface area (Å²) in [6.07, 6.45) is 5.16. The second-order valence-electron chi connectivity index (χ2n) is 7.16. The van der Waals surface area contributed by atoms with Crippen LogP contribution in [-0.4, -0.2) is 63.9 Å². The second-order valence-corrected chi connectivity index (χ2v) is 9.49. The number of fused-ring (bicyclic) bond motifs is 1. The third kappa shape index (κ3) is 2.77. The van der Waals surface area contributed by atoms with Gasteiger partial charge in [-0.15, -0.1) is 11.3 Å². The van der Waals surface area contributed by atoms with Crippen LogP contribution in [0.1, 0.15) is 22.5 Å². The number of piperazine rings is 1. The summed E-state index contributed by atoms with van der Waals surface area (Å²) >= 11 is 1.04. The molecule has 1 aliphatic carbocycles. The van der Waals surface area contributed by atoms with Gasteiger partial charge in [-0.3, -0.25) is 9.35 Å². The first kappa shape index (κ1) is 17.6. The molecule has 11 heteroatoms. The first-order valence-corrected chi connectivity index (χ1v) is 11.1. The monoisotopic (exact) mass is 419 g/mol. The van der Waals surface area contributed by atoms with Gasteiger partial charge in [0.25, 0.3) is 16.0 Å². The zero-order chi connectivity index (χ0) is 19.5. The molecular formula is C17H17N5O4S2. The Morgan fingerprint density at radius 1 is 1.29 bits per heavy atom. The molecule has 2 aliphatic rings. The summed E-state index contributed by atoms with van der Waals surface area (Å²) in [6, 6.07) is 3.20. The molecule has 0 unspecified atom stereocenters. The van der Waals surface area contributed by atoms with Crippen LogP contribution in [0.3, 0.4) is 0 Å². The molecule has 1 amide bonds. The van der Waals surface area contributed by atoms with E-state index in [1.165, 1.54) is 17.8 Å². The Morgan fingerprint density at radius 3 is 2.82 bits per heavy atom. The highest BCUT2D eigenvalue weighted by Gasteiger charge is 2.53. The molecule has 4 heterocycles. The van der Waals surface area contributed by atoms with Gasteiger partial charge < -0.3 is 14.8 Å². The van der Waals surface area contributed by atoms with Crippen molar-refractivity contribution in [1.29, 1.82) is 0 Å². The van der Waals surface area contributed by atoms with Gasteiger partial charge in [-0.05, 0) is 25.0 Å². The molecule has 3 aromatic heterocycles. The van der Waals surface area contributed by atoms with Crippen LogP contribution < -0.4 is 4.90 Å². The zero-order valence-corrected chi connectivity index (χ0v) is 16.3. The standard InChI is InChI=1S/C17H17N5O4S2/c23-16(13-7-11(8-27-13)28(24,25)26)22-6-5-21(9-17(22)2-3-17)15-12-1-4-18-14(12)19-10-20-15/h1,4,7-8,10H,2-3,5-6,9H2,(H,18,19,20)(H,24,25,26). The average molecular weight is 419 g/mol. The van der Waals surface area contributed by atoms with Gasteiger partial charge >= 0.3 is 0 Å². The van der Waals surface area contributed by atoms with Crippen molar-refractivity contribution >= 4 is 44.2 Å². The molecule has 2 fully saturated rings. The Kier molecular flexibility index (Phi) is 3.77. The van der Waals surface area contributed by atoms with Crippen molar-refractivity contribution in [2.45, 2.75) is 23.3 Å². The summed E-state index contributed by atoms with van der Waals surface area (Å²) in [5.41, 5.74) is 0.523. The fourth-order valence-corrected chi connectivity index (χ4v) is 5.55. The van der Waals surface area contributed by atoms with Crippen LogP contribution in [0.2, 0.25) is 0 Å². The largest absolute Gasteiger partial charge is 0.352 e. The molecular weight excluding hydrogens is 402 g/mol. The molecule has 9 nitrogen and oxygen atoms in total. The lowest BCUT2D eigenvalue weighted by atomic mass is 10.1. The number of carbonyl (C=O) groups is 1. The first-order chi connectivity index (χ1) is 13.4. The summed E-state index contributed by atoms with van der Waals surface area (Å²) in [5.74, 6) is 0.668. The predicted octanol–water partition coefficient (Wildman–Crippen LogP) is 1.76. The molecule has 28 heavy (non-hydrogen) atoms. The van der Waals surface area contributed by atoms with Crippen molar-refractivity contribution in [3.8, 4) is 0 Å². The quantitative estimate of drug-likeness (QED) is 0.621. The van der Waals surface area contributed by atoms with Crippen LogP contribution in [-0.2, 0) is 10.1 Å². The van der Waals surface area contributed by atoms with Crippen molar-refractivity contribution < 1.29 is 17.8 Å². The number of amides is 1. The number of carbonyl (C=O) groups excluding carboxylic acids is 1. The summed E-state index contributed by atoms with van der Waals surface area (Å²) in [4.78, 5) is 28.9. The van der Waals surface area contributed by atoms with Crippen LogP contribution in [0.25, 0.3) is 11.0 Å². The average Bonchev–Trinajstić information content (AvgIpc) is 3.11. The molecule has 0 bridgehead atoms. The van der Waals surface area contributed by atoms with Crippen LogP contribution >= 0.6 is 11.3 Å². The molecule has 0 aromatic carbocycles. The van der Waals surface area contributed by atoms with E-state index in [9.17, 15) is 17.8 Å². The molecule has 5 rings (SSSR count). The smallest absolute Gasteiger partial charge is 0.295 e. The lowest BCUT2D eigenvalue weighted by Gasteiger charge is -2.42. The van der Waals surface area contributed by atoms with Crippen LogP contribution in [0.5, 0.6) is 0 Å². The molecule has 1 saturated heterocycles. The topological polar surface area (TPSA) is 119 Å². The zero-order valence-electron chi connectivity index (χ0n) is 14.7. The van der Waals surface area contributed by atoms with Gasteiger partial charge in [-0.2, -0.15) is 8.42 Å². The van der Waals surface area contributed by atoms with Gasteiger partial charge in [0.05, 0.1) is 15.8 Å². The maximum Gasteiger partial charge on any atom is 0.295 e. The van der Waals surface area contributed by atoms with Gasteiger partial charge in [0.2, 0.25) is 0 Å². The van der Waals surface area contributed by atoms with E-state index in [1.54, 1.807) is 0 Å². The Labute approximate surface area is 164 Å². The SMILES string of the molecule is O=C(c1cc(S(=O)(=O)O)cs1)N1CCN(c2ncnc3[nH]ccc23)CC12CC2. The summed E-state index contributed by atoms with van der Waals surface area (Å²) in [5, 5.41) is 2.25. The molecule has 2 N–H and O–H groups in total. The number of aromatic nitrogens is 3. The predicted molar refractivity (Wildman–Crippen MR) is 103 cm³/mol.